The van der Waals surface area contributed by atoms with Gasteiger partial charge < -0.3 is 15.5 Å². The van der Waals surface area contributed by atoms with E-state index in [0.717, 1.165) is 13.1 Å². The highest BCUT2D eigenvalue weighted by Gasteiger charge is 2.65. The molecule has 3 rings (SSSR count). The smallest absolute Gasteiger partial charge is 0.146 e. The van der Waals surface area contributed by atoms with Crippen LogP contribution in [0.1, 0.15) is 13.3 Å². The van der Waals surface area contributed by atoms with Gasteiger partial charge in [-0.2, -0.15) is 0 Å². The average molecular weight is 180 g/mol. The first-order chi connectivity index (χ1) is 6.37. The quantitative estimate of drug-likeness (QED) is 0.504. The molecular weight excluding hydrogens is 164 g/mol. The minimum absolute atomic E-state index is 0.241. The third-order valence-electron chi connectivity index (χ3n) is 3.12. The second kappa shape index (κ2) is 2.39. The molecule has 3 unspecified atom stereocenters. The van der Waals surface area contributed by atoms with Crippen LogP contribution < -0.4 is 16.0 Å². The molecule has 0 aromatic heterocycles. The van der Waals surface area contributed by atoms with Gasteiger partial charge >= 0.3 is 0 Å². The molecular formula is C9H16N4. The van der Waals surface area contributed by atoms with Crippen molar-refractivity contribution in [1.29, 1.82) is 0 Å². The van der Waals surface area contributed by atoms with Gasteiger partial charge in [0.25, 0.3) is 0 Å². The third-order valence-corrected chi connectivity index (χ3v) is 3.12. The number of rotatable bonds is 4. The number of fused-ring (bicyclic) bond motifs is 1. The molecule has 4 nitrogen and oxygen atoms in total. The lowest BCUT2D eigenvalue weighted by molar-refractivity contribution is 0.458. The molecule has 2 saturated heterocycles. The van der Waals surface area contributed by atoms with E-state index in [4.69, 9.17) is 0 Å². The molecule has 0 saturated carbocycles. The standard InChI is InChI=1S/C9H16N4/c1-2-3-10-8-7(12-8)9-6-13(9)5-4-11-9/h4-5,7-8,10-12H,2-3,6H2,1H3. The van der Waals surface area contributed by atoms with Crippen LogP contribution in [0, 0.1) is 0 Å². The summed E-state index contributed by atoms with van der Waals surface area (Å²) in [5.41, 5.74) is 0.241. The van der Waals surface area contributed by atoms with Crippen molar-refractivity contribution in [3.63, 3.8) is 0 Å². The Balaban J connectivity index is 1.54. The van der Waals surface area contributed by atoms with Gasteiger partial charge in [0.05, 0.1) is 18.8 Å². The average Bonchev–Trinajstić information content (AvgIpc) is 3.03. The highest BCUT2D eigenvalue weighted by atomic mass is 15.6. The predicted octanol–water partition coefficient (Wildman–Crippen LogP) is -0.630. The number of hydrogen-bond acceptors (Lipinski definition) is 4. The van der Waals surface area contributed by atoms with Crippen LogP contribution in [0.4, 0.5) is 0 Å². The monoisotopic (exact) mass is 180 g/mol. The lowest BCUT2D eigenvalue weighted by Gasteiger charge is -2.10. The Labute approximate surface area is 78.4 Å². The van der Waals surface area contributed by atoms with E-state index in [9.17, 15) is 0 Å². The zero-order valence-electron chi connectivity index (χ0n) is 7.88. The molecule has 3 N–H and O–H groups in total. The summed E-state index contributed by atoms with van der Waals surface area (Å²) in [6.45, 7) is 4.46. The predicted molar refractivity (Wildman–Crippen MR) is 50.7 cm³/mol. The van der Waals surface area contributed by atoms with Crippen molar-refractivity contribution >= 4 is 0 Å². The maximum Gasteiger partial charge on any atom is 0.146 e. The van der Waals surface area contributed by atoms with Crippen LogP contribution in [-0.4, -0.2) is 35.9 Å². The topological polar surface area (TPSA) is 49.0 Å². The van der Waals surface area contributed by atoms with Crippen molar-refractivity contribution in [3.05, 3.63) is 12.4 Å². The normalized spacial score (nSPS) is 44.5. The van der Waals surface area contributed by atoms with Gasteiger partial charge in [0.2, 0.25) is 0 Å². The van der Waals surface area contributed by atoms with Crippen LogP contribution in [0.3, 0.4) is 0 Å². The van der Waals surface area contributed by atoms with Gasteiger partial charge in [-0.05, 0) is 13.0 Å². The summed E-state index contributed by atoms with van der Waals surface area (Å²) in [5.74, 6) is 0. The molecule has 0 spiro atoms. The van der Waals surface area contributed by atoms with Gasteiger partial charge in [-0.25, -0.2) is 0 Å². The molecule has 0 aromatic rings. The van der Waals surface area contributed by atoms with Gasteiger partial charge in [-0.15, -0.1) is 0 Å². The van der Waals surface area contributed by atoms with Crippen LogP contribution in [-0.2, 0) is 0 Å². The third kappa shape index (κ3) is 0.988. The summed E-state index contributed by atoms with van der Waals surface area (Å²) in [6, 6.07) is 0.592. The SMILES string of the molecule is CCCNC1NC1C12CN1C=CN2. The Bertz CT molecular complexity index is 252. The fourth-order valence-corrected chi connectivity index (χ4v) is 2.21. The van der Waals surface area contributed by atoms with Gasteiger partial charge in [0, 0.05) is 12.4 Å². The van der Waals surface area contributed by atoms with Gasteiger partial charge in [0.15, 0.2) is 0 Å². The summed E-state index contributed by atoms with van der Waals surface area (Å²) in [4.78, 5) is 2.35. The molecule has 0 aliphatic carbocycles. The molecule has 3 aliphatic heterocycles. The van der Waals surface area contributed by atoms with Crippen LogP contribution in [0.15, 0.2) is 12.4 Å². The highest BCUT2D eigenvalue weighted by molar-refractivity contribution is 5.29. The Morgan fingerprint density at radius 3 is 3.23 bits per heavy atom. The summed E-state index contributed by atoms with van der Waals surface area (Å²) in [6.07, 6.45) is 5.90. The highest BCUT2D eigenvalue weighted by Crippen LogP contribution is 2.41. The number of nitrogens with zero attached hydrogens (tertiary/aromatic N) is 1. The molecule has 2 fully saturated rings. The zero-order chi connectivity index (χ0) is 8.89. The van der Waals surface area contributed by atoms with Crippen LogP contribution >= 0.6 is 0 Å². The zero-order valence-corrected chi connectivity index (χ0v) is 7.88. The molecule has 13 heavy (non-hydrogen) atoms. The number of nitrogens with one attached hydrogen (secondary N) is 3. The summed E-state index contributed by atoms with van der Waals surface area (Å²) < 4.78 is 0. The fourth-order valence-electron chi connectivity index (χ4n) is 2.21. The first kappa shape index (κ1) is 7.64. The Morgan fingerprint density at radius 2 is 2.62 bits per heavy atom. The van der Waals surface area contributed by atoms with E-state index < -0.39 is 0 Å². The lowest BCUT2D eigenvalue weighted by atomic mass is 10.2. The lowest BCUT2D eigenvalue weighted by Crippen LogP contribution is -2.38. The second-order valence-corrected chi connectivity index (χ2v) is 4.09. The van der Waals surface area contributed by atoms with E-state index in [0.29, 0.717) is 12.2 Å². The van der Waals surface area contributed by atoms with Crippen LogP contribution in [0.2, 0.25) is 0 Å². The molecule has 0 amide bonds. The molecule has 72 valence electrons. The van der Waals surface area contributed by atoms with E-state index in [1.54, 1.807) is 0 Å². The van der Waals surface area contributed by atoms with E-state index in [-0.39, 0.29) is 5.66 Å². The summed E-state index contributed by atoms with van der Waals surface area (Å²) in [5, 5.41) is 10.4. The van der Waals surface area contributed by atoms with Crippen LogP contribution in [0.5, 0.6) is 0 Å². The second-order valence-electron chi connectivity index (χ2n) is 4.09. The minimum Gasteiger partial charge on any atom is -0.365 e. The van der Waals surface area contributed by atoms with E-state index >= 15 is 0 Å². The maximum absolute atomic E-state index is 3.48. The van der Waals surface area contributed by atoms with E-state index in [1.165, 1.54) is 6.42 Å². The van der Waals surface area contributed by atoms with Crippen molar-refractivity contribution in [3.8, 4) is 0 Å². The minimum atomic E-state index is 0.241. The molecule has 3 atom stereocenters. The maximum atomic E-state index is 3.48. The summed E-state index contributed by atoms with van der Waals surface area (Å²) >= 11 is 0. The first-order valence-corrected chi connectivity index (χ1v) is 5.07. The van der Waals surface area contributed by atoms with Gasteiger partial charge in [0.1, 0.15) is 5.66 Å². The van der Waals surface area contributed by atoms with Crippen molar-refractivity contribution in [1.82, 2.24) is 20.9 Å². The summed E-state index contributed by atoms with van der Waals surface area (Å²) in [7, 11) is 0. The number of hydrogen-bond donors (Lipinski definition) is 3. The Morgan fingerprint density at radius 1 is 1.69 bits per heavy atom. The molecule has 0 bridgehead atoms. The molecule has 3 heterocycles. The van der Waals surface area contributed by atoms with E-state index in [1.807, 2.05) is 6.20 Å². The molecule has 0 aromatic carbocycles. The Hall–Kier alpha value is -0.740. The molecule has 4 heteroatoms. The fraction of sp³-hybridized carbons (Fsp3) is 0.778. The van der Waals surface area contributed by atoms with Crippen LogP contribution in [0.25, 0.3) is 0 Å². The molecule has 3 aliphatic rings. The van der Waals surface area contributed by atoms with Crippen molar-refractivity contribution in [2.24, 2.45) is 0 Å². The Kier molecular flexibility index (Phi) is 1.41. The van der Waals surface area contributed by atoms with E-state index in [2.05, 4.69) is 34.0 Å². The van der Waals surface area contributed by atoms with Gasteiger partial charge in [-0.1, -0.05) is 6.92 Å². The van der Waals surface area contributed by atoms with Crippen molar-refractivity contribution in [2.45, 2.75) is 31.2 Å². The van der Waals surface area contributed by atoms with Crippen molar-refractivity contribution in [2.75, 3.05) is 13.1 Å². The van der Waals surface area contributed by atoms with Gasteiger partial charge in [-0.3, -0.25) is 5.32 Å². The van der Waals surface area contributed by atoms with Crippen molar-refractivity contribution < 1.29 is 0 Å². The molecule has 0 radical (unpaired) electrons. The first-order valence-electron chi connectivity index (χ1n) is 5.07. The largest absolute Gasteiger partial charge is 0.365 e.